The zero-order valence-electron chi connectivity index (χ0n) is 11.0. The topological polar surface area (TPSA) is 92.5 Å². The summed E-state index contributed by atoms with van der Waals surface area (Å²) in [5.41, 5.74) is -0.210. The van der Waals surface area contributed by atoms with Gasteiger partial charge in [0.05, 0.1) is 4.92 Å². The molecule has 0 aliphatic rings. The normalized spacial score (nSPS) is 11.8. The maximum atomic E-state index is 12.3. The Morgan fingerprint density at radius 2 is 2.11 bits per heavy atom. The highest BCUT2D eigenvalue weighted by molar-refractivity contribution is 7.91. The summed E-state index contributed by atoms with van der Waals surface area (Å²) >= 11 is 0.882. The lowest BCUT2D eigenvalue weighted by molar-refractivity contribution is -0.383. The standard InChI is InChI=1S/C10H17N3O4S2/c1-4-6-12(5-2)19(16,17)9-7-8(13(14)15)10(11-3)18-9/h7,11H,4-6H2,1-3H3. The quantitative estimate of drug-likeness (QED) is 0.615. The Balaban J connectivity index is 3.25. The second-order valence-corrected chi connectivity index (χ2v) is 7.00. The molecule has 0 unspecified atom stereocenters. The van der Waals surface area contributed by atoms with Crippen molar-refractivity contribution in [2.45, 2.75) is 24.5 Å². The van der Waals surface area contributed by atoms with E-state index in [4.69, 9.17) is 0 Å². The van der Waals surface area contributed by atoms with Crippen LogP contribution in [0.3, 0.4) is 0 Å². The van der Waals surface area contributed by atoms with Crippen LogP contribution in [0, 0.1) is 10.1 Å². The number of rotatable bonds is 7. The van der Waals surface area contributed by atoms with Crippen LogP contribution in [0.25, 0.3) is 0 Å². The van der Waals surface area contributed by atoms with E-state index in [1.165, 1.54) is 11.4 Å². The second kappa shape index (κ2) is 6.31. The second-order valence-electron chi connectivity index (χ2n) is 3.78. The van der Waals surface area contributed by atoms with E-state index in [0.29, 0.717) is 19.5 Å². The van der Waals surface area contributed by atoms with Crippen LogP contribution in [0.5, 0.6) is 0 Å². The van der Waals surface area contributed by atoms with Crippen molar-refractivity contribution in [2.24, 2.45) is 0 Å². The van der Waals surface area contributed by atoms with Crippen molar-refractivity contribution in [3.8, 4) is 0 Å². The molecule has 0 bridgehead atoms. The van der Waals surface area contributed by atoms with Crippen molar-refractivity contribution in [3.63, 3.8) is 0 Å². The first kappa shape index (κ1) is 15.9. The molecule has 0 saturated heterocycles. The Labute approximate surface area is 116 Å². The molecule has 1 N–H and O–H groups in total. The number of nitrogens with zero attached hydrogens (tertiary/aromatic N) is 2. The fourth-order valence-corrected chi connectivity index (χ4v) is 4.60. The minimum Gasteiger partial charge on any atom is -0.374 e. The van der Waals surface area contributed by atoms with Gasteiger partial charge in [-0.05, 0) is 6.42 Å². The molecule has 1 aromatic heterocycles. The molecule has 0 amide bonds. The molecule has 1 rings (SSSR count). The summed E-state index contributed by atoms with van der Waals surface area (Å²) < 4.78 is 26.0. The van der Waals surface area contributed by atoms with E-state index in [9.17, 15) is 18.5 Å². The van der Waals surface area contributed by atoms with Crippen LogP contribution >= 0.6 is 11.3 Å². The Bertz CT molecular complexity index is 553. The van der Waals surface area contributed by atoms with Crippen LogP contribution in [0.15, 0.2) is 10.3 Å². The smallest absolute Gasteiger partial charge is 0.304 e. The van der Waals surface area contributed by atoms with Crippen molar-refractivity contribution in [3.05, 3.63) is 16.2 Å². The van der Waals surface area contributed by atoms with Gasteiger partial charge in [-0.1, -0.05) is 25.2 Å². The maximum absolute atomic E-state index is 12.3. The van der Waals surface area contributed by atoms with Gasteiger partial charge in [0.2, 0.25) is 0 Å². The average molecular weight is 307 g/mol. The molecule has 0 aromatic carbocycles. The van der Waals surface area contributed by atoms with E-state index >= 15 is 0 Å². The van der Waals surface area contributed by atoms with Crippen molar-refractivity contribution in [2.75, 3.05) is 25.5 Å². The van der Waals surface area contributed by atoms with Crippen LogP contribution in [-0.4, -0.2) is 37.8 Å². The van der Waals surface area contributed by atoms with Crippen molar-refractivity contribution < 1.29 is 13.3 Å². The van der Waals surface area contributed by atoms with Crippen molar-refractivity contribution >= 4 is 32.0 Å². The minimum absolute atomic E-state index is 0.00106. The Morgan fingerprint density at radius 1 is 1.47 bits per heavy atom. The molecule has 0 fully saturated rings. The summed E-state index contributed by atoms with van der Waals surface area (Å²) in [6, 6.07) is 1.12. The first-order valence-corrected chi connectivity index (χ1v) is 8.10. The monoisotopic (exact) mass is 307 g/mol. The summed E-state index contributed by atoms with van der Waals surface area (Å²) in [4.78, 5) is 10.3. The van der Waals surface area contributed by atoms with Gasteiger partial charge < -0.3 is 5.32 Å². The number of nitro groups is 1. The van der Waals surface area contributed by atoms with E-state index in [0.717, 1.165) is 17.4 Å². The van der Waals surface area contributed by atoms with Gasteiger partial charge in [0, 0.05) is 26.2 Å². The van der Waals surface area contributed by atoms with Gasteiger partial charge in [0.15, 0.2) is 5.00 Å². The fourth-order valence-electron chi connectivity index (χ4n) is 1.63. The predicted octanol–water partition coefficient (Wildman–Crippen LogP) is 2.12. The van der Waals surface area contributed by atoms with Gasteiger partial charge >= 0.3 is 5.69 Å². The number of nitrogens with one attached hydrogen (secondary N) is 1. The van der Waals surface area contributed by atoms with Crippen molar-refractivity contribution in [1.29, 1.82) is 0 Å². The largest absolute Gasteiger partial charge is 0.374 e. The first-order chi connectivity index (χ1) is 8.88. The highest BCUT2D eigenvalue weighted by Crippen LogP contribution is 2.37. The third-order valence-corrected chi connectivity index (χ3v) is 6.10. The van der Waals surface area contributed by atoms with Crippen LogP contribution in [0.4, 0.5) is 10.7 Å². The predicted molar refractivity (Wildman–Crippen MR) is 75.2 cm³/mol. The van der Waals surface area contributed by atoms with E-state index in [1.807, 2.05) is 6.92 Å². The molecule has 9 heteroatoms. The Kier molecular flexibility index (Phi) is 5.27. The van der Waals surface area contributed by atoms with Crippen LogP contribution in [0.2, 0.25) is 0 Å². The highest BCUT2D eigenvalue weighted by Gasteiger charge is 2.29. The molecule has 108 valence electrons. The van der Waals surface area contributed by atoms with E-state index in [-0.39, 0.29) is 14.9 Å². The lowest BCUT2D eigenvalue weighted by atomic mass is 10.5. The molecule has 0 spiro atoms. The zero-order valence-corrected chi connectivity index (χ0v) is 12.7. The molecular weight excluding hydrogens is 290 g/mol. The third-order valence-electron chi connectivity index (χ3n) is 2.53. The number of sulfonamides is 1. The molecule has 1 aromatic rings. The Morgan fingerprint density at radius 3 is 2.47 bits per heavy atom. The van der Waals surface area contributed by atoms with Crippen LogP contribution in [-0.2, 0) is 10.0 Å². The highest BCUT2D eigenvalue weighted by atomic mass is 32.2. The van der Waals surface area contributed by atoms with Crippen molar-refractivity contribution in [1.82, 2.24) is 4.31 Å². The van der Waals surface area contributed by atoms with Gasteiger partial charge in [0.1, 0.15) is 4.21 Å². The summed E-state index contributed by atoms with van der Waals surface area (Å²) in [6.07, 6.45) is 0.694. The molecular formula is C10H17N3O4S2. The molecule has 0 atom stereocenters. The molecule has 0 aliphatic heterocycles. The third kappa shape index (κ3) is 3.23. The SMILES string of the molecule is CCCN(CC)S(=O)(=O)c1cc([N+](=O)[O-])c(NC)s1. The lowest BCUT2D eigenvalue weighted by Gasteiger charge is -2.18. The molecule has 0 aliphatic carbocycles. The summed E-state index contributed by atoms with van der Waals surface area (Å²) in [7, 11) is -2.12. The lowest BCUT2D eigenvalue weighted by Crippen LogP contribution is -2.31. The molecule has 0 saturated carbocycles. The summed E-state index contributed by atoms with van der Waals surface area (Å²) in [6.45, 7) is 4.37. The fraction of sp³-hybridized carbons (Fsp3) is 0.600. The number of hydrogen-bond acceptors (Lipinski definition) is 6. The van der Waals surface area contributed by atoms with E-state index < -0.39 is 14.9 Å². The van der Waals surface area contributed by atoms with Gasteiger partial charge in [0.25, 0.3) is 10.0 Å². The molecule has 1 heterocycles. The Hall–Kier alpha value is -1.19. The first-order valence-electron chi connectivity index (χ1n) is 5.84. The molecule has 7 nitrogen and oxygen atoms in total. The van der Waals surface area contributed by atoms with Gasteiger partial charge in [-0.2, -0.15) is 4.31 Å². The minimum atomic E-state index is -3.65. The molecule has 0 radical (unpaired) electrons. The summed E-state index contributed by atoms with van der Waals surface area (Å²) in [5, 5.41) is 13.7. The number of thiophene rings is 1. The maximum Gasteiger partial charge on any atom is 0.304 e. The van der Waals surface area contributed by atoms with Gasteiger partial charge in [-0.25, -0.2) is 8.42 Å². The number of hydrogen-bond donors (Lipinski definition) is 1. The van der Waals surface area contributed by atoms with E-state index in [2.05, 4.69) is 5.32 Å². The molecule has 19 heavy (non-hydrogen) atoms. The van der Waals surface area contributed by atoms with Crippen LogP contribution < -0.4 is 5.32 Å². The van der Waals surface area contributed by atoms with Gasteiger partial charge in [-0.3, -0.25) is 10.1 Å². The number of anilines is 1. The van der Waals surface area contributed by atoms with Crippen LogP contribution in [0.1, 0.15) is 20.3 Å². The average Bonchev–Trinajstić information content (AvgIpc) is 2.80. The summed E-state index contributed by atoms with van der Waals surface area (Å²) in [5.74, 6) is 0. The zero-order chi connectivity index (χ0) is 14.6. The van der Waals surface area contributed by atoms with E-state index in [1.54, 1.807) is 6.92 Å². The van der Waals surface area contributed by atoms with Gasteiger partial charge in [-0.15, -0.1) is 0 Å².